The Morgan fingerprint density at radius 1 is 0.192 bits per heavy atom. The number of carboxylic acid groups (broad SMARTS) is 12. The normalized spacial score (nSPS) is 8.31. The second-order valence-corrected chi connectivity index (χ2v) is 15.4. The molecule has 0 bridgehead atoms. The van der Waals surface area contributed by atoms with Crippen molar-refractivity contribution in [3.63, 3.8) is 0 Å². The van der Waals surface area contributed by atoms with Gasteiger partial charge in [-0.05, 0) is 36.4 Å². The maximum atomic E-state index is 10.4. The summed E-state index contributed by atoms with van der Waals surface area (Å²) in [6.45, 7) is 0. The molecule has 6 aromatic carbocycles. The van der Waals surface area contributed by atoms with Crippen LogP contribution in [-0.4, -0.2) is 123 Å². The summed E-state index contributed by atoms with van der Waals surface area (Å²) in [5.41, 5.74) is -11.9. The summed E-state index contributed by atoms with van der Waals surface area (Å²) in [5, 5.41) is 187. The van der Waals surface area contributed by atoms with Gasteiger partial charge < -0.3 is 163 Å². The minimum Gasteiger partial charge on any atom is -2.00 e. The van der Waals surface area contributed by atoms with Gasteiger partial charge in [0, 0.05) is 69.8 Å². The Balaban J connectivity index is -0.0000000758. The third-order valence-electron chi connectivity index (χ3n) is 9.90. The van der Waals surface area contributed by atoms with Gasteiger partial charge in [0.2, 0.25) is 0 Å². The minimum absolute atomic E-state index is 0. The standard InChI is InChI=1S/6C8H5NO6.4H2O.4O.6Zr/c6*10-7(11)4-1-2-5(8(12)13)6(3-4)9(14)15;;;;;;;;;;;;;;/h6*1-3H,(H,10,11)(H,12,13);4*1H2;;;;;;;;;;/q;;;;;;;;;;4*-2;6*+4/p-16. The van der Waals surface area contributed by atoms with Crippen LogP contribution in [0.2, 0.25) is 0 Å². The Morgan fingerprint density at radius 3 is 0.337 bits per heavy atom. The van der Waals surface area contributed by atoms with Gasteiger partial charge in [-0.3, -0.25) is 60.7 Å². The summed E-state index contributed by atoms with van der Waals surface area (Å²) in [4.78, 5) is 181. The first-order chi connectivity index (χ1) is 41.6. The van der Waals surface area contributed by atoms with Crippen molar-refractivity contribution in [1.29, 1.82) is 0 Å². The van der Waals surface area contributed by atoms with Gasteiger partial charge in [-0.2, -0.15) is 0 Å². The van der Waals surface area contributed by atoms with Crippen molar-refractivity contribution in [3.8, 4) is 0 Å². The molecule has 0 unspecified atom stereocenters. The van der Waals surface area contributed by atoms with Crippen molar-refractivity contribution in [2.75, 3.05) is 0 Å². The zero-order valence-electron chi connectivity index (χ0n) is 49.2. The van der Waals surface area contributed by atoms with Gasteiger partial charge in [-0.15, -0.1) is 0 Å². The van der Waals surface area contributed by atoms with E-state index in [1.54, 1.807) is 0 Å². The van der Waals surface area contributed by atoms with Crippen molar-refractivity contribution in [2.45, 2.75) is 0 Å². The van der Waals surface area contributed by atoms with Crippen molar-refractivity contribution in [3.05, 3.63) is 237 Å². The van der Waals surface area contributed by atoms with Crippen molar-refractivity contribution in [2.24, 2.45) is 0 Å². The monoisotopic (exact) mass is 1930 g/mol. The number of carbonyl (C=O) groups is 12. The first kappa shape index (κ1) is 127. The van der Waals surface area contributed by atoms with Gasteiger partial charge in [-0.1, -0.05) is 36.4 Å². The first-order valence-electron chi connectivity index (χ1n) is 21.9. The molecular weight excluding hydrogens is 1910 g/mol. The van der Waals surface area contributed by atoms with Crippen LogP contribution in [0.4, 0.5) is 34.1 Å². The fraction of sp³-hybridized carbons (Fsp3) is 0. The molecule has 0 heterocycles. The Morgan fingerprint density at radius 2 is 0.279 bits per heavy atom. The van der Waals surface area contributed by atoms with E-state index in [0.29, 0.717) is 36.4 Å². The van der Waals surface area contributed by atoms with Gasteiger partial charge in [0.05, 0.1) is 135 Å². The van der Waals surface area contributed by atoms with E-state index in [0.717, 1.165) is 72.8 Å². The van der Waals surface area contributed by atoms with Crippen LogP contribution in [0.25, 0.3) is 0 Å². The minimum atomic E-state index is -1.74. The Bertz CT molecular complexity index is 3420. The number of rotatable bonds is 18. The summed E-state index contributed by atoms with van der Waals surface area (Å²) in [6.07, 6.45) is 0. The van der Waals surface area contributed by atoms with Crippen LogP contribution in [0, 0.1) is 60.7 Å². The molecule has 56 heteroatoms. The van der Waals surface area contributed by atoms with Gasteiger partial charge >= 0.3 is 157 Å². The van der Waals surface area contributed by atoms with E-state index in [9.17, 15) is 179 Å². The molecule has 6 aromatic rings. The number of aromatic carboxylic acids is 12. The molecule has 6 rings (SSSR count). The van der Waals surface area contributed by atoms with Gasteiger partial charge in [0.1, 0.15) is 0 Å². The topological polar surface area (TPSA) is 974 Å². The number of nitro groups is 6. The molecule has 0 aliphatic rings. The van der Waals surface area contributed by atoms with E-state index >= 15 is 0 Å². The van der Waals surface area contributed by atoms with E-state index in [4.69, 9.17) is 0 Å². The number of carboxylic acids is 12. The number of carbonyl (C=O) groups excluding carboxylic acids is 12. The van der Waals surface area contributed by atoms with Crippen LogP contribution in [0.15, 0.2) is 109 Å². The maximum absolute atomic E-state index is 10.4. The molecule has 0 fully saturated rings. The zero-order chi connectivity index (χ0) is 69.5. The molecule has 0 aromatic heterocycles. The van der Waals surface area contributed by atoms with Crippen LogP contribution >= 0.6 is 0 Å². The Kier molecular flexibility index (Phi) is 72.0. The third-order valence-corrected chi connectivity index (χ3v) is 9.90. The molecule has 0 amide bonds. The molecule has 0 saturated heterocycles. The summed E-state index contributed by atoms with van der Waals surface area (Å²) < 4.78 is 0. The average Bonchev–Trinajstić information content (AvgIpc) is 0.882. The summed E-state index contributed by atoms with van der Waals surface area (Å²) in [7, 11) is 0. The molecule has 0 saturated carbocycles. The summed E-state index contributed by atoms with van der Waals surface area (Å²) in [5.74, 6) is -20.2. The van der Waals surface area contributed by atoms with Gasteiger partial charge in [0.15, 0.2) is 0 Å². The third kappa shape index (κ3) is 39.1. The van der Waals surface area contributed by atoms with Crippen LogP contribution in [0.1, 0.15) is 124 Å². The summed E-state index contributed by atoms with van der Waals surface area (Å²) >= 11 is 0. The van der Waals surface area contributed by atoms with E-state index in [-0.39, 0.29) is 201 Å². The zero-order valence-corrected chi connectivity index (χ0v) is 63.9. The molecule has 0 aliphatic carbocycles. The second kappa shape index (κ2) is 58.8. The van der Waals surface area contributed by atoms with Crippen LogP contribution in [0.3, 0.4) is 0 Å². The molecule has 50 nitrogen and oxygen atoms in total. The Hall–Kier alpha value is -9.66. The predicted molar refractivity (Wildman–Crippen MR) is 261 cm³/mol. The molecule has 532 valence electrons. The summed E-state index contributed by atoms with van der Waals surface area (Å²) in [6, 6.07) is 13.8. The quantitative estimate of drug-likeness (QED) is 0.0569. The van der Waals surface area contributed by atoms with Crippen molar-refractivity contribution >= 4 is 106 Å². The van der Waals surface area contributed by atoms with Gasteiger partial charge in [0.25, 0.3) is 34.1 Å². The van der Waals surface area contributed by atoms with E-state index in [1.165, 1.54) is 0 Å². The first-order valence-corrected chi connectivity index (χ1v) is 21.9. The number of benzene rings is 6. The van der Waals surface area contributed by atoms with E-state index < -0.39 is 202 Å². The van der Waals surface area contributed by atoms with Crippen molar-refractivity contribution < 1.29 is 349 Å². The number of hydrogen-bond donors (Lipinski definition) is 0. The largest absolute Gasteiger partial charge is 4.00 e. The van der Waals surface area contributed by atoms with Gasteiger partial charge in [-0.25, -0.2) is 0 Å². The molecule has 0 spiro atoms. The molecule has 0 radical (unpaired) electrons. The van der Waals surface area contributed by atoms with Crippen LogP contribution < -0.4 is 61.3 Å². The SMILES string of the molecule is O=C([O-])c1ccc(C(=O)[O-])c([N+](=O)[O-])c1.O=C([O-])c1ccc(C(=O)[O-])c([N+](=O)[O-])c1.O=C([O-])c1ccc(C(=O)[O-])c([N+](=O)[O-])c1.O=C([O-])c1ccc(C(=O)[O-])c([N+](=O)[O-])c1.O=C([O-])c1ccc(C(=O)[O-])c([N+](=O)[O-])c1.O=C([O-])c1ccc(C(=O)[O-])c([N+](=O)[O-])c1.[O-2].[O-2].[O-2].[O-2].[OH-].[OH-].[OH-].[OH-].[Zr+4].[Zr+4].[Zr+4].[Zr+4].[Zr+4].[Zr+4]. The molecule has 0 atom stereocenters. The fourth-order valence-electron chi connectivity index (χ4n) is 5.89. The molecule has 0 aliphatic heterocycles. The Labute approximate surface area is 685 Å². The second-order valence-electron chi connectivity index (χ2n) is 15.4. The average molecular weight is 1930 g/mol. The van der Waals surface area contributed by atoms with Crippen LogP contribution in [-0.2, 0) is 179 Å². The van der Waals surface area contributed by atoms with Crippen LogP contribution in [0.5, 0.6) is 0 Å². The van der Waals surface area contributed by atoms with E-state index in [2.05, 4.69) is 0 Å². The van der Waals surface area contributed by atoms with E-state index in [1.807, 2.05) is 0 Å². The number of hydrogen-bond acceptors (Lipinski definition) is 40. The molecule has 4 N–H and O–H groups in total. The fourth-order valence-corrected chi connectivity index (χ4v) is 5.89. The molecule has 104 heavy (non-hydrogen) atoms. The predicted octanol–water partition coefficient (Wildman–Crippen LogP) is -11.3. The van der Waals surface area contributed by atoms with Crippen molar-refractivity contribution in [1.82, 2.24) is 0 Å². The smallest absolute Gasteiger partial charge is 2.00 e. The maximum Gasteiger partial charge on any atom is 4.00 e. The molecular formula is C48H22N6O44Zr6. The number of nitro benzene ring substituents is 6. The number of nitrogens with zero attached hydrogens (tertiary/aromatic N) is 6.